The van der Waals surface area contributed by atoms with Gasteiger partial charge in [-0.2, -0.15) is 5.10 Å². The van der Waals surface area contributed by atoms with E-state index in [1.807, 2.05) is 49.7 Å². The molecule has 1 atom stereocenters. The van der Waals surface area contributed by atoms with Crippen LogP contribution >= 0.6 is 11.6 Å². The zero-order valence-corrected chi connectivity index (χ0v) is 12.3. The van der Waals surface area contributed by atoms with Gasteiger partial charge in [0.15, 0.2) is 0 Å². The Bertz CT molecular complexity index is 560. The molecule has 1 aromatic carbocycles. The Labute approximate surface area is 118 Å². The van der Waals surface area contributed by atoms with Crippen LogP contribution in [0.25, 0.3) is 0 Å². The predicted octanol–water partition coefficient (Wildman–Crippen LogP) is 3.45. The van der Waals surface area contributed by atoms with Gasteiger partial charge in [0, 0.05) is 13.0 Å². The average molecular weight is 279 g/mol. The highest BCUT2D eigenvalue weighted by atomic mass is 35.5. The van der Waals surface area contributed by atoms with Gasteiger partial charge in [0.25, 0.3) is 0 Å². The summed E-state index contributed by atoms with van der Waals surface area (Å²) in [6.45, 7) is 6.69. The first-order valence-electron chi connectivity index (χ1n) is 6.49. The van der Waals surface area contributed by atoms with Crippen molar-refractivity contribution >= 4 is 11.6 Å². The molecule has 0 aliphatic heterocycles. The molecule has 19 heavy (non-hydrogen) atoms. The van der Waals surface area contributed by atoms with Gasteiger partial charge in [-0.1, -0.05) is 41.4 Å². The lowest BCUT2D eigenvalue weighted by molar-refractivity contribution is 0.175. The van der Waals surface area contributed by atoms with Crippen LogP contribution in [0.5, 0.6) is 0 Å². The maximum atomic E-state index is 10.3. The van der Waals surface area contributed by atoms with E-state index in [4.69, 9.17) is 11.6 Å². The first-order chi connectivity index (χ1) is 9.02. The van der Waals surface area contributed by atoms with Gasteiger partial charge in [-0.15, -0.1) is 0 Å². The molecule has 2 aromatic rings. The number of rotatable bonds is 4. The standard InChI is InChI=1S/C15H19ClN2O/c1-4-18-13(15(16)11(3)17-18)9-14(19)12-7-5-10(2)6-8-12/h5-8,14,19H,4,9H2,1-3H3. The molecule has 1 N–H and O–H groups in total. The lowest BCUT2D eigenvalue weighted by Crippen LogP contribution is -2.08. The third-order valence-corrected chi connectivity index (χ3v) is 3.79. The fourth-order valence-corrected chi connectivity index (χ4v) is 2.37. The van der Waals surface area contributed by atoms with E-state index >= 15 is 0 Å². The summed E-state index contributed by atoms with van der Waals surface area (Å²) >= 11 is 6.26. The predicted molar refractivity (Wildman–Crippen MR) is 77.5 cm³/mol. The monoisotopic (exact) mass is 278 g/mol. The van der Waals surface area contributed by atoms with Crippen LogP contribution in [0.3, 0.4) is 0 Å². The fourth-order valence-electron chi connectivity index (χ4n) is 2.15. The minimum atomic E-state index is -0.556. The van der Waals surface area contributed by atoms with Crippen molar-refractivity contribution in [2.45, 2.75) is 39.8 Å². The Morgan fingerprint density at radius 1 is 1.26 bits per heavy atom. The lowest BCUT2D eigenvalue weighted by atomic mass is 10.0. The molecule has 102 valence electrons. The number of nitrogens with zero attached hydrogens (tertiary/aromatic N) is 2. The summed E-state index contributed by atoms with van der Waals surface area (Å²) in [7, 11) is 0. The molecule has 1 unspecified atom stereocenters. The van der Waals surface area contributed by atoms with Crippen molar-refractivity contribution in [1.29, 1.82) is 0 Å². The fraction of sp³-hybridized carbons (Fsp3) is 0.400. The van der Waals surface area contributed by atoms with Gasteiger partial charge in [-0.3, -0.25) is 4.68 Å². The number of hydrogen-bond acceptors (Lipinski definition) is 2. The second-order valence-corrected chi connectivity index (χ2v) is 5.17. The Kier molecular flexibility index (Phi) is 4.27. The normalized spacial score (nSPS) is 12.7. The molecular formula is C15H19ClN2O. The summed E-state index contributed by atoms with van der Waals surface area (Å²) in [6, 6.07) is 7.91. The van der Waals surface area contributed by atoms with E-state index in [0.717, 1.165) is 23.5 Å². The lowest BCUT2D eigenvalue weighted by Gasteiger charge is -2.12. The van der Waals surface area contributed by atoms with Crippen LogP contribution in [-0.2, 0) is 13.0 Å². The molecule has 0 spiro atoms. The van der Waals surface area contributed by atoms with Gasteiger partial charge >= 0.3 is 0 Å². The van der Waals surface area contributed by atoms with Crippen molar-refractivity contribution in [1.82, 2.24) is 9.78 Å². The van der Waals surface area contributed by atoms with Crippen LogP contribution in [0.4, 0.5) is 0 Å². The number of aliphatic hydroxyl groups excluding tert-OH is 1. The summed E-state index contributed by atoms with van der Waals surface area (Å²) < 4.78 is 1.86. The minimum absolute atomic E-state index is 0.483. The second-order valence-electron chi connectivity index (χ2n) is 4.79. The molecule has 0 radical (unpaired) electrons. The number of aromatic nitrogens is 2. The number of benzene rings is 1. The van der Waals surface area contributed by atoms with Crippen LogP contribution in [0.1, 0.15) is 35.5 Å². The van der Waals surface area contributed by atoms with Crippen LogP contribution in [-0.4, -0.2) is 14.9 Å². The number of hydrogen-bond donors (Lipinski definition) is 1. The van der Waals surface area contributed by atoms with Gasteiger partial charge < -0.3 is 5.11 Å². The van der Waals surface area contributed by atoms with Gasteiger partial charge in [-0.05, 0) is 26.3 Å². The molecule has 0 saturated heterocycles. The zero-order chi connectivity index (χ0) is 14.0. The summed E-state index contributed by atoms with van der Waals surface area (Å²) in [5.41, 5.74) is 3.80. The maximum Gasteiger partial charge on any atom is 0.0848 e. The Morgan fingerprint density at radius 2 is 1.89 bits per heavy atom. The quantitative estimate of drug-likeness (QED) is 0.930. The first-order valence-corrected chi connectivity index (χ1v) is 6.87. The van der Waals surface area contributed by atoms with Crippen molar-refractivity contribution < 1.29 is 5.11 Å². The summed E-state index contributed by atoms with van der Waals surface area (Å²) in [4.78, 5) is 0. The van der Waals surface area contributed by atoms with E-state index in [1.165, 1.54) is 5.56 Å². The van der Waals surface area contributed by atoms with Gasteiger partial charge in [0.1, 0.15) is 0 Å². The summed E-state index contributed by atoms with van der Waals surface area (Å²) in [5, 5.41) is 15.3. The Balaban J connectivity index is 2.23. The van der Waals surface area contributed by atoms with Crippen molar-refractivity contribution in [3.63, 3.8) is 0 Å². The molecule has 4 heteroatoms. The molecule has 0 bridgehead atoms. The van der Waals surface area contributed by atoms with E-state index in [2.05, 4.69) is 5.10 Å². The molecule has 0 amide bonds. The molecule has 0 fully saturated rings. The van der Waals surface area contributed by atoms with Crippen LogP contribution in [0.2, 0.25) is 5.02 Å². The van der Waals surface area contributed by atoms with Gasteiger partial charge in [0.05, 0.1) is 22.5 Å². The smallest absolute Gasteiger partial charge is 0.0848 e. The highest BCUT2D eigenvalue weighted by Crippen LogP contribution is 2.26. The molecule has 1 aromatic heterocycles. The second kappa shape index (κ2) is 5.76. The zero-order valence-electron chi connectivity index (χ0n) is 11.5. The van der Waals surface area contributed by atoms with Crippen LogP contribution in [0.15, 0.2) is 24.3 Å². The van der Waals surface area contributed by atoms with Crippen molar-refractivity contribution in [3.8, 4) is 0 Å². The van der Waals surface area contributed by atoms with Crippen LogP contribution < -0.4 is 0 Å². The molecule has 0 saturated carbocycles. The number of halogens is 1. The van der Waals surface area contributed by atoms with E-state index in [0.29, 0.717) is 11.4 Å². The van der Waals surface area contributed by atoms with Crippen molar-refractivity contribution in [2.75, 3.05) is 0 Å². The van der Waals surface area contributed by atoms with E-state index in [-0.39, 0.29) is 0 Å². The molecule has 3 nitrogen and oxygen atoms in total. The number of aliphatic hydroxyl groups is 1. The molecule has 0 aliphatic carbocycles. The SMILES string of the molecule is CCn1nc(C)c(Cl)c1CC(O)c1ccc(C)cc1. The minimum Gasteiger partial charge on any atom is -0.388 e. The molecular weight excluding hydrogens is 260 g/mol. The average Bonchev–Trinajstić information content (AvgIpc) is 2.67. The van der Waals surface area contributed by atoms with Gasteiger partial charge in [0.2, 0.25) is 0 Å². The number of aryl methyl sites for hydroxylation is 3. The van der Waals surface area contributed by atoms with E-state index < -0.39 is 6.10 Å². The van der Waals surface area contributed by atoms with E-state index in [1.54, 1.807) is 0 Å². The highest BCUT2D eigenvalue weighted by molar-refractivity contribution is 6.31. The third kappa shape index (κ3) is 2.99. The first kappa shape index (κ1) is 14.1. The Hall–Kier alpha value is -1.32. The largest absolute Gasteiger partial charge is 0.388 e. The highest BCUT2D eigenvalue weighted by Gasteiger charge is 2.17. The molecule has 2 rings (SSSR count). The Morgan fingerprint density at radius 3 is 2.47 bits per heavy atom. The summed E-state index contributed by atoms with van der Waals surface area (Å²) in [5.74, 6) is 0. The van der Waals surface area contributed by atoms with E-state index in [9.17, 15) is 5.11 Å². The van der Waals surface area contributed by atoms with Crippen molar-refractivity contribution in [2.24, 2.45) is 0 Å². The van der Waals surface area contributed by atoms with Crippen molar-refractivity contribution in [3.05, 3.63) is 51.8 Å². The van der Waals surface area contributed by atoms with Gasteiger partial charge in [-0.25, -0.2) is 0 Å². The summed E-state index contributed by atoms with van der Waals surface area (Å²) in [6.07, 6.45) is -0.0733. The third-order valence-electron chi connectivity index (χ3n) is 3.30. The topological polar surface area (TPSA) is 38.0 Å². The molecule has 0 aliphatic rings. The molecule has 1 heterocycles. The maximum absolute atomic E-state index is 10.3. The van der Waals surface area contributed by atoms with Crippen LogP contribution in [0, 0.1) is 13.8 Å².